The van der Waals surface area contributed by atoms with Crippen molar-refractivity contribution in [1.82, 2.24) is 0 Å². The van der Waals surface area contributed by atoms with E-state index in [9.17, 15) is 4.79 Å². The summed E-state index contributed by atoms with van der Waals surface area (Å²) < 4.78 is 0. The number of rotatable bonds is 1. The van der Waals surface area contributed by atoms with Crippen LogP contribution in [0.2, 0.25) is 0 Å². The van der Waals surface area contributed by atoms with Gasteiger partial charge < -0.3 is 5.73 Å². The summed E-state index contributed by atoms with van der Waals surface area (Å²) in [5.74, 6) is 0. The maximum atomic E-state index is 10.9. The zero-order chi connectivity index (χ0) is 12.7. The quantitative estimate of drug-likeness (QED) is 0.810. The SMILES string of the molecule is Cc1ccc2c(c1)-c1sc(NC(N)=O)cc1CC2. The van der Waals surface area contributed by atoms with E-state index in [1.54, 1.807) is 11.3 Å². The number of fused-ring (bicyclic) bond motifs is 3. The fraction of sp³-hybridized carbons (Fsp3) is 0.214. The van der Waals surface area contributed by atoms with Gasteiger partial charge >= 0.3 is 6.03 Å². The van der Waals surface area contributed by atoms with Crippen molar-refractivity contribution in [2.75, 3.05) is 5.32 Å². The third-order valence-electron chi connectivity index (χ3n) is 3.23. The molecule has 0 saturated carbocycles. The van der Waals surface area contributed by atoms with Gasteiger partial charge in [-0.15, -0.1) is 11.3 Å². The van der Waals surface area contributed by atoms with Gasteiger partial charge in [0.15, 0.2) is 0 Å². The minimum absolute atomic E-state index is 0.502. The van der Waals surface area contributed by atoms with Crippen molar-refractivity contribution in [1.29, 1.82) is 0 Å². The number of carbonyl (C=O) groups excluding carboxylic acids is 1. The Morgan fingerprint density at radius 1 is 1.28 bits per heavy atom. The number of anilines is 1. The van der Waals surface area contributed by atoms with Crippen LogP contribution in [0.3, 0.4) is 0 Å². The molecule has 4 heteroatoms. The summed E-state index contributed by atoms with van der Waals surface area (Å²) in [6.07, 6.45) is 2.09. The number of carbonyl (C=O) groups is 1. The van der Waals surface area contributed by atoms with Crippen LogP contribution in [0.25, 0.3) is 10.4 Å². The standard InChI is InChI=1S/C14H14N2OS/c1-8-2-3-9-4-5-10-7-12(16-14(15)17)18-13(10)11(9)6-8/h2-3,6-7H,4-5H2,1H3,(H3,15,16,17). The summed E-state index contributed by atoms with van der Waals surface area (Å²) in [6.45, 7) is 2.10. The zero-order valence-electron chi connectivity index (χ0n) is 10.1. The van der Waals surface area contributed by atoms with Crippen molar-refractivity contribution in [3.8, 4) is 10.4 Å². The van der Waals surface area contributed by atoms with Crippen LogP contribution < -0.4 is 11.1 Å². The Balaban J connectivity index is 2.08. The summed E-state index contributed by atoms with van der Waals surface area (Å²) in [5.41, 5.74) is 10.4. The van der Waals surface area contributed by atoms with E-state index >= 15 is 0 Å². The van der Waals surface area contributed by atoms with Crippen molar-refractivity contribution in [3.05, 3.63) is 41.0 Å². The maximum absolute atomic E-state index is 10.9. The van der Waals surface area contributed by atoms with Gasteiger partial charge in [0.1, 0.15) is 0 Å². The largest absolute Gasteiger partial charge is 0.351 e. The smallest absolute Gasteiger partial charge is 0.317 e. The van der Waals surface area contributed by atoms with E-state index in [4.69, 9.17) is 5.73 Å². The Bertz CT molecular complexity index is 631. The van der Waals surface area contributed by atoms with E-state index in [1.165, 1.54) is 27.1 Å². The number of urea groups is 1. The lowest BCUT2D eigenvalue weighted by molar-refractivity contribution is 0.259. The molecule has 2 amide bonds. The summed E-state index contributed by atoms with van der Waals surface area (Å²) in [4.78, 5) is 12.2. The van der Waals surface area contributed by atoms with E-state index < -0.39 is 6.03 Å². The van der Waals surface area contributed by atoms with Crippen LogP contribution in [0, 0.1) is 6.92 Å². The normalized spacial score (nSPS) is 12.7. The number of amides is 2. The molecule has 1 aliphatic rings. The van der Waals surface area contributed by atoms with Crippen molar-refractivity contribution < 1.29 is 4.79 Å². The fourth-order valence-corrected chi connectivity index (χ4v) is 3.58. The van der Waals surface area contributed by atoms with Crippen molar-refractivity contribution >= 4 is 22.4 Å². The number of hydrogen-bond acceptors (Lipinski definition) is 2. The number of hydrogen-bond donors (Lipinski definition) is 2. The molecule has 3 rings (SSSR count). The number of nitrogens with two attached hydrogens (primary N) is 1. The Kier molecular flexibility index (Phi) is 2.59. The monoisotopic (exact) mass is 258 g/mol. The summed E-state index contributed by atoms with van der Waals surface area (Å²) in [6, 6.07) is 8.11. The molecule has 0 unspecified atom stereocenters. The summed E-state index contributed by atoms with van der Waals surface area (Å²) in [5, 5.41) is 3.50. The van der Waals surface area contributed by atoms with Crippen molar-refractivity contribution in [2.24, 2.45) is 5.73 Å². The molecule has 0 fully saturated rings. The Hall–Kier alpha value is -1.81. The average Bonchev–Trinajstić information content (AvgIpc) is 2.70. The molecule has 1 heterocycles. The average molecular weight is 258 g/mol. The van der Waals surface area contributed by atoms with E-state index in [-0.39, 0.29) is 0 Å². The van der Waals surface area contributed by atoms with Gasteiger partial charge in [-0.25, -0.2) is 4.79 Å². The lowest BCUT2D eigenvalue weighted by Crippen LogP contribution is -2.18. The first-order valence-electron chi connectivity index (χ1n) is 5.92. The minimum Gasteiger partial charge on any atom is -0.351 e. The molecule has 1 aliphatic carbocycles. The van der Waals surface area contributed by atoms with Crippen LogP contribution in [0.15, 0.2) is 24.3 Å². The second-order valence-corrected chi connectivity index (χ2v) is 5.67. The molecular weight excluding hydrogens is 244 g/mol. The topological polar surface area (TPSA) is 55.1 Å². The van der Waals surface area contributed by atoms with Gasteiger partial charge in [-0.2, -0.15) is 0 Å². The summed E-state index contributed by atoms with van der Waals surface area (Å²) in [7, 11) is 0. The zero-order valence-corrected chi connectivity index (χ0v) is 10.9. The predicted octanol–water partition coefficient (Wildman–Crippen LogP) is 3.31. The second-order valence-electron chi connectivity index (χ2n) is 4.61. The predicted molar refractivity (Wildman–Crippen MR) is 75.1 cm³/mol. The number of primary amides is 1. The molecule has 3 N–H and O–H groups in total. The van der Waals surface area contributed by atoms with E-state index in [0.29, 0.717) is 0 Å². The molecule has 0 saturated heterocycles. The minimum atomic E-state index is -0.502. The molecule has 2 aromatic rings. The Morgan fingerprint density at radius 3 is 2.83 bits per heavy atom. The third kappa shape index (κ3) is 1.88. The molecule has 0 radical (unpaired) electrons. The molecule has 0 spiro atoms. The van der Waals surface area contributed by atoms with Crippen LogP contribution in [0.1, 0.15) is 16.7 Å². The van der Waals surface area contributed by atoms with E-state index in [2.05, 4.69) is 30.4 Å². The van der Waals surface area contributed by atoms with Gasteiger partial charge in [0.2, 0.25) is 0 Å². The highest BCUT2D eigenvalue weighted by Crippen LogP contribution is 2.41. The highest BCUT2D eigenvalue weighted by Gasteiger charge is 2.19. The Morgan fingerprint density at radius 2 is 2.06 bits per heavy atom. The highest BCUT2D eigenvalue weighted by molar-refractivity contribution is 7.19. The number of thiophene rings is 1. The van der Waals surface area contributed by atoms with Crippen LogP contribution >= 0.6 is 11.3 Å². The van der Waals surface area contributed by atoms with Gasteiger partial charge in [0.05, 0.1) is 5.00 Å². The third-order valence-corrected chi connectivity index (χ3v) is 4.36. The van der Waals surface area contributed by atoms with E-state index in [1.807, 2.05) is 6.07 Å². The second kappa shape index (κ2) is 4.14. The molecule has 0 aliphatic heterocycles. The van der Waals surface area contributed by atoms with Crippen molar-refractivity contribution in [2.45, 2.75) is 19.8 Å². The highest BCUT2D eigenvalue weighted by atomic mass is 32.1. The van der Waals surface area contributed by atoms with Crippen LogP contribution in [-0.2, 0) is 12.8 Å². The lowest BCUT2D eigenvalue weighted by atomic mass is 9.90. The van der Waals surface area contributed by atoms with Crippen LogP contribution in [-0.4, -0.2) is 6.03 Å². The van der Waals surface area contributed by atoms with Gasteiger partial charge in [-0.3, -0.25) is 5.32 Å². The first-order chi connectivity index (χ1) is 8.63. The van der Waals surface area contributed by atoms with E-state index in [0.717, 1.165) is 17.8 Å². The van der Waals surface area contributed by atoms with Crippen LogP contribution in [0.5, 0.6) is 0 Å². The lowest BCUT2D eigenvalue weighted by Gasteiger charge is -2.16. The van der Waals surface area contributed by atoms with Crippen LogP contribution in [0.4, 0.5) is 9.80 Å². The molecule has 18 heavy (non-hydrogen) atoms. The number of nitrogens with one attached hydrogen (secondary N) is 1. The van der Waals surface area contributed by atoms with Gasteiger partial charge in [-0.05, 0) is 42.5 Å². The summed E-state index contributed by atoms with van der Waals surface area (Å²) >= 11 is 1.60. The maximum Gasteiger partial charge on any atom is 0.317 e. The molecule has 1 aromatic carbocycles. The molecule has 0 atom stereocenters. The first-order valence-corrected chi connectivity index (χ1v) is 6.74. The van der Waals surface area contributed by atoms with Gasteiger partial charge in [0.25, 0.3) is 0 Å². The Labute approximate surface area is 110 Å². The fourth-order valence-electron chi connectivity index (χ4n) is 2.41. The molecule has 3 nitrogen and oxygen atoms in total. The number of benzene rings is 1. The van der Waals surface area contributed by atoms with Gasteiger partial charge in [-0.1, -0.05) is 23.8 Å². The van der Waals surface area contributed by atoms with Crippen molar-refractivity contribution in [3.63, 3.8) is 0 Å². The number of aryl methyl sites for hydroxylation is 3. The molecule has 92 valence electrons. The molecule has 0 bridgehead atoms. The first kappa shape index (κ1) is 11.3. The molecule has 1 aromatic heterocycles. The van der Waals surface area contributed by atoms with Gasteiger partial charge in [0, 0.05) is 4.88 Å². The molecular formula is C14H14N2OS.